The molecule has 30 heavy (non-hydrogen) atoms. The molecule has 0 spiro atoms. The molecule has 2 aliphatic carbocycles. The highest BCUT2D eigenvalue weighted by Gasteiger charge is 2.34. The summed E-state index contributed by atoms with van der Waals surface area (Å²) in [4.78, 5) is 13.4. The molecule has 0 heterocycles. The number of hydrogen-bond donors (Lipinski definition) is 0. The standard InChI is InChI=1S/C29H38O/c1-19-11-20(2)14-25(13-19)28(23-7-5-8-23)17-27(30)18-29(24-9-6-10-24)26-15-21(3)12-22(4)16-26/h11-16,23-24,28-29H,5-10,17-18H2,1-4H3/t28-,29+. The highest BCUT2D eigenvalue weighted by Crippen LogP contribution is 2.45. The number of ketones is 1. The SMILES string of the molecule is Cc1cc(C)cc([C@@H](CC(=O)C[C@@H](c2cc(C)cc(C)c2)C2CCC2)C2CCC2)c1. The van der Waals surface area contributed by atoms with E-state index in [9.17, 15) is 4.79 Å². The van der Waals surface area contributed by atoms with Gasteiger partial charge in [0, 0.05) is 12.8 Å². The van der Waals surface area contributed by atoms with E-state index < -0.39 is 0 Å². The average molecular weight is 403 g/mol. The van der Waals surface area contributed by atoms with E-state index in [0.717, 1.165) is 12.8 Å². The van der Waals surface area contributed by atoms with Crippen molar-refractivity contribution in [1.29, 1.82) is 0 Å². The lowest BCUT2D eigenvalue weighted by atomic mass is 9.68. The Bertz CT molecular complexity index is 787. The van der Waals surface area contributed by atoms with Gasteiger partial charge in [0.05, 0.1) is 0 Å². The maximum Gasteiger partial charge on any atom is 0.134 e. The van der Waals surface area contributed by atoms with E-state index in [1.807, 2.05) is 0 Å². The van der Waals surface area contributed by atoms with Crippen LogP contribution >= 0.6 is 0 Å². The molecule has 160 valence electrons. The molecule has 4 rings (SSSR count). The Morgan fingerprint density at radius 1 is 0.667 bits per heavy atom. The lowest BCUT2D eigenvalue weighted by Gasteiger charge is -2.36. The van der Waals surface area contributed by atoms with Gasteiger partial charge in [-0.05, 0) is 88.2 Å². The van der Waals surface area contributed by atoms with Gasteiger partial charge in [-0.1, -0.05) is 71.5 Å². The monoisotopic (exact) mass is 402 g/mol. The van der Waals surface area contributed by atoms with Crippen molar-refractivity contribution in [2.75, 3.05) is 0 Å². The quantitative estimate of drug-likeness (QED) is 0.441. The zero-order valence-corrected chi connectivity index (χ0v) is 19.3. The third-order valence-electron chi connectivity index (χ3n) is 7.68. The van der Waals surface area contributed by atoms with Crippen molar-refractivity contribution in [3.05, 3.63) is 69.8 Å². The summed E-state index contributed by atoms with van der Waals surface area (Å²) in [6.07, 6.45) is 9.24. The molecule has 0 bridgehead atoms. The molecule has 2 aliphatic rings. The maximum absolute atomic E-state index is 13.4. The molecule has 2 fully saturated rings. The molecule has 2 atom stereocenters. The van der Waals surface area contributed by atoms with E-state index in [0.29, 0.717) is 29.5 Å². The van der Waals surface area contributed by atoms with Gasteiger partial charge in [-0.25, -0.2) is 0 Å². The molecule has 0 aromatic heterocycles. The van der Waals surface area contributed by atoms with Crippen LogP contribution in [-0.2, 0) is 4.79 Å². The Morgan fingerprint density at radius 2 is 1.00 bits per heavy atom. The summed E-state index contributed by atoms with van der Waals surface area (Å²) in [5.41, 5.74) is 8.09. The number of aryl methyl sites for hydroxylation is 4. The van der Waals surface area contributed by atoms with E-state index in [4.69, 9.17) is 0 Å². The fraction of sp³-hybridized carbons (Fsp3) is 0.552. The van der Waals surface area contributed by atoms with Gasteiger partial charge in [0.15, 0.2) is 0 Å². The van der Waals surface area contributed by atoms with E-state index in [1.165, 1.54) is 71.9 Å². The fourth-order valence-corrected chi connectivity index (χ4v) is 5.82. The highest BCUT2D eigenvalue weighted by atomic mass is 16.1. The lowest BCUT2D eigenvalue weighted by Crippen LogP contribution is -2.26. The largest absolute Gasteiger partial charge is 0.300 e. The van der Waals surface area contributed by atoms with Crippen LogP contribution in [0.3, 0.4) is 0 Å². The summed E-state index contributed by atoms with van der Waals surface area (Å²) < 4.78 is 0. The molecule has 0 unspecified atom stereocenters. The molecule has 2 saturated carbocycles. The molecule has 1 nitrogen and oxygen atoms in total. The molecule has 1 heteroatoms. The molecule has 0 aliphatic heterocycles. The van der Waals surface area contributed by atoms with Gasteiger partial charge in [-0.15, -0.1) is 0 Å². The van der Waals surface area contributed by atoms with Gasteiger partial charge in [0.1, 0.15) is 5.78 Å². The Balaban J connectivity index is 1.53. The molecule has 0 radical (unpaired) electrons. The normalized spacial score (nSPS) is 19.1. The van der Waals surface area contributed by atoms with Gasteiger partial charge in [-0.3, -0.25) is 4.79 Å². The molecular weight excluding hydrogens is 364 g/mol. The van der Waals surface area contributed by atoms with Crippen LogP contribution in [0.4, 0.5) is 0 Å². The van der Waals surface area contributed by atoms with Crippen LogP contribution in [0, 0.1) is 39.5 Å². The van der Waals surface area contributed by atoms with Crippen LogP contribution in [0.25, 0.3) is 0 Å². The Hall–Kier alpha value is -1.89. The van der Waals surface area contributed by atoms with Crippen LogP contribution in [-0.4, -0.2) is 5.78 Å². The Kier molecular flexibility index (Phi) is 6.46. The fourth-order valence-electron chi connectivity index (χ4n) is 5.82. The lowest BCUT2D eigenvalue weighted by molar-refractivity contribution is -0.120. The smallest absolute Gasteiger partial charge is 0.134 e. The summed E-state index contributed by atoms with van der Waals surface area (Å²) in [7, 11) is 0. The number of rotatable bonds is 8. The molecule has 0 N–H and O–H groups in total. The van der Waals surface area contributed by atoms with Crippen molar-refractivity contribution in [3.8, 4) is 0 Å². The summed E-state index contributed by atoms with van der Waals surface area (Å²) in [5.74, 6) is 2.68. The summed E-state index contributed by atoms with van der Waals surface area (Å²) in [6, 6.07) is 13.8. The van der Waals surface area contributed by atoms with Crippen molar-refractivity contribution in [3.63, 3.8) is 0 Å². The molecular formula is C29H38O. The summed E-state index contributed by atoms with van der Waals surface area (Å²) in [6.45, 7) is 8.73. The van der Waals surface area contributed by atoms with Crippen LogP contribution < -0.4 is 0 Å². The van der Waals surface area contributed by atoms with Crippen LogP contribution in [0.5, 0.6) is 0 Å². The average Bonchev–Trinajstić information content (AvgIpc) is 2.55. The van der Waals surface area contributed by atoms with Gasteiger partial charge in [-0.2, -0.15) is 0 Å². The third-order valence-corrected chi connectivity index (χ3v) is 7.68. The summed E-state index contributed by atoms with van der Waals surface area (Å²) >= 11 is 0. The maximum atomic E-state index is 13.4. The summed E-state index contributed by atoms with van der Waals surface area (Å²) in [5, 5.41) is 0. The predicted molar refractivity (Wildman–Crippen MR) is 126 cm³/mol. The Labute approximate surface area is 183 Å². The third kappa shape index (κ3) is 4.88. The first-order valence-electron chi connectivity index (χ1n) is 12.1. The van der Waals surface area contributed by atoms with Crippen molar-refractivity contribution in [1.82, 2.24) is 0 Å². The van der Waals surface area contributed by atoms with Gasteiger partial charge < -0.3 is 0 Å². The predicted octanol–water partition coefficient (Wildman–Crippen LogP) is 7.74. The van der Waals surface area contributed by atoms with Gasteiger partial charge in [0.25, 0.3) is 0 Å². The number of carbonyl (C=O) groups is 1. The minimum absolute atomic E-state index is 0.408. The second-order valence-corrected chi connectivity index (χ2v) is 10.4. The van der Waals surface area contributed by atoms with Crippen molar-refractivity contribution in [2.24, 2.45) is 11.8 Å². The molecule has 2 aromatic rings. The second-order valence-electron chi connectivity index (χ2n) is 10.4. The minimum Gasteiger partial charge on any atom is -0.300 e. The van der Waals surface area contributed by atoms with Crippen molar-refractivity contribution >= 4 is 5.78 Å². The zero-order chi connectivity index (χ0) is 21.3. The van der Waals surface area contributed by atoms with Crippen LogP contribution in [0.15, 0.2) is 36.4 Å². The van der Waals surface area contributed by atoms with E-state index >= 15 is 0 Å². The Morgan fingerprint density at radius 3 is 1.27 bits per heavy atom. The number of hydrogen-bond acceptors (Lipinski definition) is 1. The van der Waals surface area contributed by atoms with Crippen molar-refractivity contribution in [2.45, 2.75) is 90.9 Å². The van der Waals surface area contributed by atoms with E-state index in [1.54, 1.807) is 0 Å². The number of Topliss-reactive ketones (excluding diaryl/α,β-unsaturated/α-hetero) is 1. The van der Waals surface area contributed by atoms with E-state index in [2.05, 4.69) is 64.1 Å². The van der Waals surface area contributed by atoms with Crippen molar-refractivity contribution < 1.29 is 4.79 Å². The second kappa shape index (κ2) is 9.08. The van der Waals surface area contributed by atoms with Gasteiger partial charge in [0.2, 0.25) is 0 Å². The topological polar surface area (TPSA) is 17.1 Å². The number of carbonyl (C=O) groups excluding carboxylic acids is 1. The van der Waals surface area contributed by atoms with Crippen LogP contribution in [0.1, 0.15) is 96.6 Å². The minimum atomic E-state index is 0.408. The van der Waals surface area contributed by atoms with Gasteiger partial charge >= 0.3 is 0 Å². The molecule has 2 aromatic carbocycles. The highest BCUT2D eigenvalue weighted by molar-refractivity contribution is 5.80. The zero-order valence-electron chi connectivity index (χ0n) is 19.3. The molecule has 0 saturated heterocycles. The first-order chi connectivity index (χ1) is 14.4. The van der Waals surface area contributed by atoms with E-state index in [-0.39, 0.29) is 0 Å². The first kappa shape index (κ1) is 21.3. The first-order valence-corrected chi connectivity index (χ1v) is 12.1. The number of benzene rings is 2. The molecule has 0 amide bonds. The van der Waals surface area contributed by atoms with Crippen LogP contribution in [0.2, 0.25) is 0 Å².